The first kappa shape index (κ1) is 53.5. The van der Waals surface area contributed by atoms with E-state index in [1.807, 2.05) is 9.97 Å². The van der Waals surface area contributed by atoms with Gasteiger partial charge in [-0.1, -0.05) is 53.4 Å². The van der Waals surface area contributed by atoms with E-state index in [0.717, 1.165) is 150 Å². The SMILES string of the molecule is CCCCN(CCCC)c1ccc(N2CCC(CCC(OC(=O)OC(CCC3CCN(c4ccc(N(CCCC)CCCC)cc4)CC3)n3cc(F)c(=O)[nH]c3=O)n3cc(F)c(=O)[nH]c3=O)CC2)cc1. The van der Waals surface area contributed by atoms with Gasteiger partial charge in [-0.05, 0) is 125 Å². The van der Waals surface area contributed by atoms with Gasteiger partial charge < -0.3 is 29.1 Å². The van der Waals surface area contributed by atoms with E-state index in [0.29, 0.717) is 25.2 Å². The summed E-state index contributed by atoms with van der Waals surface area (Å²) in [7, 11) is 0. The zero-order chi connectivity index (χ0) is 50.0. The van der Waals surface area contributed by atoms with Crippen molar-refractivity contribution in [1.82, 2.24) is 19.1 Å². The van der Waals surface area contributed by atoms with Gasteiger partial charge in [0.25, 0.3) is 11.1 Å². The molecular formula is C53H76F2N8O7. The molecule has 2 aromatic carbocycles. The van der Waals surface area contributed by atoms with Crippen LogP contribution < -0.4 is 42.1 Å². The van der Waals surface area contributed by atoms with Crippen LogP contribution in [-0.4, -0.2) is 77.6 Å². The second-order valence-corrected chi connectivity index (χ2v) is 19.1. The van der Waals surface area contributed by atoms with Gasteiger partial charge in [0, 0.05) is 87.9 Å². The number of hydrogen-bond donors (Lipinski definition) is 2. The lowest BCUT2D eigenvalue weighted by Crippen LogP contribution is -2.38. The Balaban J connectivity index is 1.08. The van der Waals surface area contributed by atoms with Crippen LogP contribution in [0.4, 0.5) is 36.3 Å². The molecule has 2 saturated heterocycles. The van der Waals surface area contributed by atoms with Crippen LogP contribution in [-0.2, 0) is 9.47 Å². The van der Waals surface area contributed by atoms with Crippen LogP contribution >= 0.6 is 0 Å². The van der Waals surface area contributed by atoms with Crippen LogP contribution in [0.15, 0.2) is 80.1 Å². The molecule has 2 aliphatic rings. The molecule has 0 radical (unpaired) electrons. The molecular weight excluding hydrogens is 899 g/mol. The molecule has 0 spiro atoms. The summed E-state index contributed by atoms with van der Waals surface area (Å²) in [4.78, 5) is 77.4. The van der Waals surface area contributed by atoms with Gasteiger partial charge >= 0.3 is 17.5 Å². The first-order valence-corrected chi connectivity index (χ1v) is 26.0. The third-order valence-electron chi connectivity index (χ3n) is 14.1. The lowest BCUT2D eigenvalue weighted by molar-refractivity contribution is -0.0528. The van der Waals surface area contributed by atoms with E-state index in [4.69, 9.17) is 9.47 Å². The summed E-state index contributed by atoms with van der Waals surface area (Å²) in [6.45, 7) is 16.1. The average molecular weight is 975 g/mol. The number of aromatic amines is 2. The van der Waals surface area contributed by atoms with Crippen LogP contribution in [0.3, 0.4) is 0 Å². The molecule has 0 aliphatic carbocycles. The van der Waals surface area contributed by atoms with E-state index < -0.39 is 52.7 Å². The molecule has 2 aliphatic heterocycles. The van der Waals surface area contributed by atoms with Crippen LogP contribution in [0, 0.1) is 23.5 Å². The van der Waals surface area contributed by atoms with Crippen molar-refractivity contribution in [3.8, 4) is 0 Å². The van der Waals surface area contributed by atoms with Gasteiger partial charge in [0.1, 0.15) is 0 Å². The smallest absolute Gasteiger partial charge is 0.410 e. The molecule has 0 amide bonds. The van der Waals surface area contributed by atoms with Crippen molar-refractivity contribution in [2.75, 3.05) is 72.0 Å². The first-order chi connectivity index (χ1) is 33.9. The maximum absolute atomic E-state index is 14.7. The molecule has 2 atom stereocenters. The number of aromatic nitrogens is 4. The highest BCUT2D eigenvalue weighted by atomic mass is 19.1. The molecule has 0 saturated carbocycles. The molecule has 6 rings (SSSR count). The van der Waals surface area contributed by atoms with E-state index in [2.05, 4.69) is 95.8 Å². The van der Waals surface area contributed by atoms with E-state index in [-0.39, 0.29) is 24.7 Å². The Morgan fingerprint density at radius 2 is 0.900 bits per heavy atom. The number of nitrogens with zero attached hydrogens (tertiary/aromatic N) is 6. The van der Waals surface area contributed by atoms with Crippen molar-refractivity contribution in [3.05, 3.63) is 114 Å². The quantitative estimate of drug-likeness (QED) is 0.0578. The number of hydrogen-bond acceptors (Lipinski definition) is 11. The Morgan fingerprint density at radius 3 is 1.21 bits per heavy atom. The van der Waals surface area contributed by atoms with Gasteiger partial charge in [0.05, 0.1) is 12.4 Å². The minimum atomic E-state index is -1.39. The van der Waals surface area contributed by atoms with Crippen molar-refractivity contribution in [2.24, 2.45) is 11.8 Å². The monoisotopic (exact) mass is 975 g/mol. The highest BCUT2D eigenvalue weighted by Gasteiger charge is 2.29. The third-order valence-corrected chi connectivity index (χ3v) is 14.1. The number of nitrogens with one attached hydrogen (secondary N) is 2. The van der Waals surface area contributed by atoms with Gasteiger partial charge in [0.15, 0.2) is 12.5 Å². The van der Waals surface area contributed by atoms with Gasteiger partial charge in [-0.2, -0.15) is 8.78 Å². The summed E-state index contributed by atoms with van der Waals surface area (Å²) in [6.07, 6.45) is 10.9. The summed E-state index contributed by atoms with van der Waals surface area (Å²) in [5.74, 6) is -2.13. The zero-order valence-corrected chi connectivity index (χ0v) is 41.9. The standard InChI is InChI=1S/C53H76F2N8O7/c1-5-9-29-58(30-10-6-2)41-15-19-43(20-16-41)60-33-25-39(26-34-60)13-23-47(62-37-45(54)49(64)56-51(62)66)69-53(68)70-48(63-38-46(55)50(65)57-52(63)67)24-14-40-27-35-61(36-28-40)44-21-17-42(18-22-44)59(31-11-7-3)32-12-8-4/h15-22,37-40,47-48H,5-14,23-36H2,1-4H3,(H,56,64,66)(H,57,65,67). The van der Waals surface area contributed by atoms with Crippen LogP contribution in [0.1, 0.15) is 143 Å². The summed E-state index contributed by atoms with van der Waals surface area (Å²) >= 11 is 0. The number of benzene rings is 2. The van der Waals surface area contributed by atoms with Gasteiger partial charge in [-0.3, -0.25) is 28.7 Å². The largest absolute Gasteiger partial charge is 0.512 e. The molecule has 2 aromatic heterocycles. The number of carbonyl (C=O) groups is 1. The summed E-state index contributed by atoms with van der Waals surface area (Å²) in [5.41, 5.74) is 0.338. The minimum Gasteiger partial charge on any atom is -0.410 e. The number of halogens is 2. The average Bonchev–Trinajstić information content (AvgIpc) is 3.37. The lowest BCUT2D eigenvalue weighted by atomic mass is 9.91. The van der Waals surface area contributed by atoms with Gasteiger partial charge in [-0.25, -0.2) is 14.4 Å². The Labute approximate surface area is 410 Å². The van der Waals surface area contributed by atoms with Gasteiger partial charge in [0.2, 0.25) is 11.6 Å². The molecule has 2 unspecified atom stereocenters. The molecule has 70 heavy (non-hydrogen) atoms. The van der Waals surface area contributed by atoms with Crippen LogP contribution in [0.5, 0.6) is 0 Å². The maximum Gasteiger partial charge on any atom is 0.512 e. The summed E-state index contributed by atoms with van der Waals surface area (Å²) < 4.78 is 42.5. The van der Waals surface area contributed by atoms with E-state index in [9.17, 15) is 32.8 Å². The normalized spacial score (nSPS) is 15.5. The summed E-state index contributed by atoms with van der Waals surface area (Å²) in [6, 6.07) is 17.5. The highest BCUT2D eigenvalue weighted by Crippen LogP contribution is 2.33. The van der Waals surface area contributed by atoms with Crippen molar-refractivity contribution < 1.29 is 23.0 Å². The van der Waals surface area contributed by atoms with Gasteiger partial charge in [-0.15, -0.1) is 0 Å². The second kappa shape index (κ2) is 26.9. The molecule has 4 aromatic rings. The van der Waals surface area contributed by atoms with E-state index >= 15 is 0 Å². The van der Waals surface area contributed by atoms with Crippen molar-refractivity contribution >= 4 is 28.9 Å². The number of unbranched alkanes of at least 4 members (excludes halogenated alkanes) is 4. The number of carbonyl (C=O) groups excluding carboxylic acids is 1. The van der Waals surface area contributed by atoms with Crippen molar-refractivity contribution in [3.63, 3.8) is 0 Å². The van der Waals surface area contributed by atoms with E-state index in [1.165, 1.54) is 11.4 Å². The fourth-order valence-corrected chi connectivity index (χ4v) is 9.71. The lowest BCUT2D eigenvalue weighted by Gasteiger charge is -2.35. The third kappa shape index (κ3) is 15.1. The number of anilines is 4. The van der Waals surface area contributed by atoms with Crippen LogP contribution in [0.25, 0.3) is 0 Å². The second-order valence-electron chi connectivity index (χ2n) is 19.1. The molecule has 4 heterocycles. The van der Waals surface area contributed by atoms with E-state index in [1.54, 1.807) is 0 Å². The molecule has 384 valence electrons. The predicted molar refractivity (Wildman–Crippen MR) is 273 cm³/mol. The Morgan fingerprint density at radius 1 is 0.571 bits per heavy atom. The predicted octanol–water partition coefficient (Wildman–Crippen LogP) is 9.72. The van der Waals surface area contributed by atoms with Crippen molar-refractivity contribution in [2.45, 2.75) is 143 Å². The molecule has 17 heteroatoms. The molecule has 2 fully saturated rings. The Bertz CT molecular complexity index is 2270. The topological polar surface area (TPSA) is 158 Å². The number of ether oxygens (including phenoxy) is 2. The number of rotatable bonds is 26. The van der Waals surface area contributed by atoms with Crippen molar-refractivity contribution in [1.29, 1.82) is 0 Å². The molecule has 2 N–H and O–H groups in total. The Kier molecular flexibility index (Phi) is 20.6. The fourth-order valence-electron chi connectivity index (χ4n) is 9.71. The zero-order valence-electron chi connectivity index (χ0n) is 41.9. The van der Waals surface area contributed by atoms with Crippen LogP contribution in [0.2, 0.25) is 0 Å². The highest BCUT2D eigenvalue weighted by molar-refractivity contribution is 5.60. The minimum absolute atomic E-state index is 0.0837. The molecule has 0 bridgehead atoms. The number of H-pyrrole nitrogens is 2. The Hall–Kier alpha value is -5.87. The first-order valence-electron chi connectivity index (χ1n) is 26.0. The molecule has 15 nitrogen and oxygen atoms in total. The maximum atomic E-state index is 14.7. The summed E-state index contributed by atoms with van der Waals surface area (Å²) in [5, 5.41) is 0. The fraction of sp³-hybridized carbons (Fsp3) is 0.604. The number of piperidine rings is 2.